The third-order valence-electron chi connectivity index (χ3n) is 6.77. The van der Waals surface area contributed by atoms with Gasteiger partial charge in [0.05, 0.1) is 17.6 Å². The van der Waals surface area contributed by atoms with Crippen LogP contribution in [-0.2, 0) is 6.42 Å². The van der Waals surface area contributed by atoms with E-state index in [1.807, 2.05) is 23.0 Å². The number of nitrogens with zero attached hydrogens (tertiary/aromatic N) is 5. The van der Waals surface area contributed by atoms with Crippen LogP contribution in [0.25, 0.3) is 11.3 Å². The summed E-state index contributed by atoms with van der Waals surface area (Å²) in [4.78, 5) is 9.29. The van der Waals surface area contributed by atoms with E-state index in [9.17, 15) is 4.39 Å². The Labute approximate surface area is 183 Å². The monoisotopic (exact) mass is 419 g/mol. The summed E-state index contributed by atoms with van der Waals surface area (Å²) in [6.45, 7) is 9.09. The Morgan fingerprint density at radius 3 is 2.81 bits per heavy atom. The molecule has 0 radical (unpaired) electrons. The molecule has 1 aliphatic carbocycles. The number of fused-ring (bicyclic) bond motifs is 1. The van der Waals surface area contributed by atoms with Crippen LogP contribution < -0.4 is 4.90 Å². The maximum atomic E-state index is 13.2. The lowest BCUT2D eigenvalue weighted by Crippen LogP contribution is -2.54. The molecule has 162 valence electrons. The number of pyridine rings is 1. The van der Waals surface area contributed by atoms with E-state index < -0.39 is 6.17 Å². The second-order valence-corrected chi connectivity index (χ2v) is 8.90. The quantitative estimate of drug-likeness (QED) is 0.675. The third kappa shape index (κ3) is 3.97. The van der Waals surface area contributed by atoms with Crippen molar-refractivity contribution in [3.63, 3.8) is 0 Å². The van der Waals surface area contributed by atoms with Gasteiger partial charge in [0.1, 0.15) is 12.0 Å². The van der Waals surface area contributed by atoms with Crippen LogP contribution >= 0.6 is 0 Å². The standard InChI is InChI=1S/C25H30FN5/c1-3-4-8-23-18(2)6-5-7-19-14-31(28-25(19)23)21-9-10-24(27-13-21)29-12-11-22(17-29)30-15-20(26)16-30/h3-4,8-10,13-14,20,22H,1,5-7,11-12,15-17H2,2H3/b8-4-. The van der Waals surface area contributed by atoms with Crippen molar-refractivity contribution in [2.45, 2.75) is 44.8 Å². The molecule has 2 saturated heterocycles. The molecule has 3 aliphatic rings. The molecule has 31 heavy (non-hydrogen) atoms. The predicted octanol–water partition coefficient (Wildman–Crippen LogP) is 4.35. The minimum atomic E-state index is -0.637. The fourth-order valence-corrected chi connectivity index (χ4v) is 4.92. The zero-order chi connectivity index (χ0) is 21.4. The van der Waals surface area contributed by atoms with E-state index in [1.54, 1.807) is 0 Å². The van der Waals surface area contributed by atoms with Gasteiger partial charge < -0.3 is 4.90 Å². The summed E-state index contributed by atoms with van der Waals surface area (Å²) in [5.74, 6) is 0.989. The number of aryl methyl sites for hydroxylation is 1. The van der Waals surface area contributed by atoms with E-state index >= 15 is 0 Å². The largest absolute Gasteiger partial charge is 0.355 e. The summed E-state index contributed by atoms with van der Waals surface area (Å²) < 4.78 is 15.1. The van der Waals surface area contributed by atoms with Gasteiger partial charge >= 0.3 is 0 Å². The average Bonchev–Trinajstić information content (AvgIpc) is 3.37. The SMILES string of the molecule is C=C/C=C\C1=C(C)CCCc2cn(-c3ccc(N4CCC(N5CC(F)C5)C4)nc3)nc21. The molecule has 1 atom stereocenters. The lowest BCUT2D eigenvalue weighted by molar-refractivity contribution is 0.0347. The van der Waals surface area contributed by atoms with E-state index in [0.29, 0.717) is 19.1 Å². The number of halogens is 1. The number of aromatic nitrogens is 3. The molecule has 2 fully saturated rings. The zero-order valence-corrected chi connectivity index (χ0v) is 18.2. The Kier molecular flexibility index (Phi) is 5.48. The van der Waals surface area contributed by atoms with Crippen molar-refractivity contribution < 1.29 is 4.39 Å². The van der Waals surface area contributed by atoms with Crippen LogP contribution in [-0.4, -0.2) is 58.1 Å². The van der Waals surface area contributed by atoms with Gasteiger partial charge in [0.25, 0.3) is 0 Å². The number of alkyl halides is 1. The highest BCUT2D eigenvalue weighted by atomic mass is 19.1. The molecule has 4 heterocycles. The summed E-state index contributed by atoms with van der Waals surface area (Å²) in [5.41, 5.74) is 5.91. The molecular weight excluding hydrogens is 389 g/mol. The van der Waals surface area contributed by atoms with Crippen molar-refractivity contribution in [2.24, 2.45) is 0 Å². The number of allylic oxidation sites excluding steroid dienone is 5. The molecule has 0 N–H and O–H groups in total. The van der Waals surface area contributed by atoms with Crippen LogP contribution in [0.1, 0.15) is 37.4 Å². The molecule has 5 rings (SSSR count). The molecule has 2 aromatic rings. The number of likely N-dealkylation sites (tertiary alicyclic amines) is 1. The van der Waals surface area contributed by atoms with E-state index in [0.717, 1.165) is 56.0 Å². The molecule has 0 bridgehead atoms. The maximum absolute atomic E-state index is 13.2. The van der Waals surface area contributed by atoms with Crippen LogP contribution in [0.3, 0.4) is 0 Å². The van der Waals surface area contributed by atoms with E-state index in [1.165, 1.54) is 16.7 Å². The fourth-order valence-electron chi connectivity index (χ4n) is 4.92. The van der Waals surface area contributed by atoms with Crippen molar-refractivity contribution in [2.75, 3.05) is 31.1 Å². The molecule has 2 aliphatic heterocycles. The van der Waals surface area contributed by atoms with Gasteiger partial charge in [0.2, 0.25) is 0 Å². The van der Waals surface area contributed by atoms with Crippen molar-refractivity contribution in [3.05, 3.63) is 66.2 Å². The Morgan fingerprint density at radius 2 is 2.06 bits per heavy atom. The molecule has 0 saturated carbocycles. The Balaban J connectivity index is 1.34. The van der Waals surface area contributed by atoms with Gasteiger partial charge in [0.15, 0.2) is 0 Å². The Morgan fingerprint density at radius 1 is 1.19 bits per heavy atom. The zero-order valence-electron chi connectivity index (χ0n) is 18.2. The lowest BCUT2D eigenvalue weighted by Gasteiger charge is -2.39. The van der Waals surface area contributed by atoms with Gasteiger partial charge in [-0.15, -0.1) is 0 Å². The van der Waals surface area contributed by atoms with E-state index in [4.69, 9.17) is 10.1 Å². The third-order valence-corrected chi connectivity index (χ3v) is 6.77. The van der Waals surface area contributed by atoms with Crippen LogP contribution in [0, 0.1) is 0 Å². The Hall–Kier alpha value is -2.73. The summed E-state index contributed by atoms with van der Waals surface area (Å²) in [7, 11) is 0. The minimum Gasteiger partial charge on any atom is -0.355 e. The van der Waals surface area contributed by atoms with E-state index in [-0.39, 0.29) is 0 Å². The predicted molar refractivity (Wildman–Crippen MR) is 123 cm³/mol. The molecule has 2 aromatic heterocycles. The van der Waals surface area contributed by atoms with Crippen LogP contribution in [0.4, 0.5) is 10.2 Å². The smallest absolute Gasteiger partial charge is 0.128 e. The van der Waals surface area contributed by atoms with Crippen LogP contribution in [0.15, 0.2) is 54.9 Å². The maximum Gasteiger partial charge on any atom is 0.128 e. The number of hydrogen-bond donors (Lipinski definition) is 0. The lowest BCUT2D eigenvalue weighted by atomic mass is 10.0. The molecule has 6 heteroatoms. The highest BCUT2D eigenvalue weighted by Crippen LogP contribution is 2.31. The second kappa shape index (κ2) is 8.42. The fraction of sp³-hybridized carbons (Fsp3) is 0.440. The Bertz CT molecular complexity index is 1010. The average molecular weight is 420 g/mol. The van der Waals surface area contributed by atoms with Crippen molar-refractivity contribution in [1.29, 1.82) is 0 Å². The van der Waals surface area contributed by atoms with Gasteiger partial charge in [-0.05, 0) is 50.3 Å². The summed E-state index contributed by atoms with van der Waals surface area (Å²) >= 11 is 0. The number of rotatable bonds is 5. The molecular formula is C25H30FN5. The first kappa shape index (κ1) is 20.2. The van der Waals surface area contributed by atoms with Crippen LogP contribution in [0.5, 0.6) is 0 Å². The second-order valence-electron chi connectivity index (χ2n) is 8.90. The van der Waals surface area contributed by atoms with Gasteiger partial charge in [-0.2, -0.15) is 5.10 Å². The summed E-state index contributed by atoms with van der Waals surface area (Å²) in [6, 6.07) is 4.63. The first-order valence-electron chi connectivity index (χ1n) is 11.3. The highest BCUT2D eigenvalue weighted by Gasteiger charge is 2.36. The summed E-state index contributed by atoms with van der Waals surface area (Å²) in [5, 5.41) is 4.93. The van der Waals surface area contributed by atoms with Gasteiger partial charge in [-0.3, -0.25) is 4.90 Å². The molecule has 1 unspecified atom stereocenters. The molecule has 0 aromatic carbocycles. The van der Waals surface area contributed by atoms with Crippen molar-refractivity contribution in [1.82, 2.24) is 19.7 Å². The first-order valence-corrected chi connectivity index (χ1v) is 11.3. The number of anilines is 1. The van der Waals surface area contributed by atoms with Gasteiger partial charge in [-0.1, -0.05) is 30.4 Å². The van der Waals surface area contributed by atoms with Crippen molar-refractivity contribution in [3.8, 4) is 5.69 Å². The summed E-state index contributed by atoms with van der Waals surface area (Å²) in [6.07, 6.45) is 13.7. The van der Waals surface area contributed by atoms with Gasteiger partial charge in [0, 0.05) is 44.0 Å². The topological polar surface area (TPSA) is 37.2 Å². The van der Waals surface area contributed by atoms with E-state index in [2.05, 4.69) is 47.7 Å². The molecule has 5 nitrogen and oxygen atoms in total. The number of hydrogen-bond acceptors (Lipinski definition) is 4. The van der Waals surface area contributed by atoms with Gasteiger partial charge in [-0.25, -0.2) is 14.1 Å². The van der Waals surface area contributed by atoms with Crippen LogP contribution in [0.2, 0.25) is 0 Å². The molecule has 0 spiro atoms. The normalized spacial score (nSPS) is 22.6. The van der Waals surface area contributed by atoms with Crippen molar-refractivity contribution >= 4 is 11.4 Å². The molecule has 0 amide bonds. The first-order chi connectivity index (χ1) is 15.1. The highest BCUT2D eigenvalue weighted by molar-refractivity contribution is 5.77. The minimum absolute atomic E-state index is 0.451.